The predicted octanol–water partition coefficient (Wildman–Crippen LogP) is 2.60. The van der Waals surface area contributed by atoms with Crippen LogP contribution in [-0.2, 0) is 0 Å². The number of nitrogens with two attached hydrogens (primary N) is 2. The molecule has 0 aliphatic heterocycles. The third-order valence-electron chi connectivity index (χ3n) is 5.15. The number of fused-ring (bicyclic) bond motifs is 2. The number of amides is 1. The standard InChI is InChI=1S/C16H23N3O/c1-9(13-7-10-2-3-11(13)6-10)19-12-4-5-15(17)14(8-12)16(18)20/h4-5,8-11,13,19H,2-3,6-7,17H2,1H3,(H2,18,20). The molecule has 3 rings (SSSR count). The van der Waals surface area contributed by atoms with Crippen LogP contribution in [-0.4, -0.2) is 11.9 Å². The molecule has 20 heavy (non-hydrogen) atoms. The highest BCUT2D eigenvalue weighted by Gasteiger charge is 2.41. The average Bonchev–Trinajstić information content (AvgIpc) is 3.03. The summed E-state index contributed by atoms with van der Waals surface area (Å²) in [5.41, 5.74) is 12.9. The van der Waals surface area contributed by atoms with Gasteiger partial charge in [0.25, 0.3) is 5.91 Å². The highest BCUT2D eigenvalue weighted by Crippen LogP contribution is 2.49. The Bertz CT molecular complexity index is 528. The van der Waals surface area contributed by atoms with Gasteiger partial charge in [0, 0.05) is 17.4 Å². The first kappa shape index (κ1) is 13.3. The van der Waals surface area contributed by atoms with Crippen molar-refractivity contribution in [3.8, 4) is 0 Å². The average molecular weight is 273 g/mol. The van der Waals surface area contributed by atoms with E-state index in [-0.39, 0.29) is 0 Å². The number of carbonyl (C=O) groups is 1. The Balaban J connectivity index is 1.71. The van der Waals surface area contributed by atoms with Crippen molar-refractivity contribution in [2.24, 2.45) is 23.5 Å². The Kier molecular flexibility index (Phi) is 3.32. The number of nitrogen functional groups attached to an aromatic ring is 1. The van der Waals surface area contributed by atoms with Crippen molar-refractivity contribution in [2.45, 2.75) is 38.6 Å². The lowest BCUT2D eigenvalue weighted by Crippen LogP contribution is -2.30. The summed E-state index contributed by atoms with van der Waals surface area (Å²) in [6.45, 7) is 2.24. The van der Waals surface area contributed by atoms with Gasteiger partial charge in [0.1, 0.15) is 0 Å². The topological polar surface area (TPSA) is 81.1 Å². The molecule has 0 saturated heterocycles. The van der Waals surface area contributed by atoms with Gasteiger partial charge in [-0.3, -0.25) is 4.79 Å². The number of anilines is 2. The van der Waals surface area contributed by atoms with Crippen LogP contribution in [0, 0.1) is 17.8 Å². The number of carbonyl (C=O) groups excluding carboxylic acids is 1. The largest absolute Gasteiger partial charge is 0.398 e. The Morgan fingerprint density at radius 1 is 1.35 bits per heavy atom. The van der Waals surface area contributed by atoms with Gasteiger partial charge < -0.3 is 16.8 Å². The lowest BCUT2D eigenvalue weighted by Gasteiger charge is -2.29. The van der Waals surface area contributed by atoms with Crippen LogP contribution in [0.3, 0.4) is 0 Å². The first-order valence-corrected chi connectivity index (χ1v) is 7.50. The van der Waals surface area contributed by atoms with E-state index >= 15 is 0 Å². The molecule has 2 fully saturated rings. The lowest BCUT2D eigenvalue weighted by atomic mass is 9.84. The molecule has 1 amide bonds. The fourth-order valence-corrected chi connectivity index (χ4v) is 4.14. The first-order chi connectivity index (χ1) is 9.54. The molecule has 2 bridgehead atoms. The molecule has 2 aliphatic carbocycles. The number of hydrogen-bond acceptors (Lipinski definition) is 3. The monoisotopic (exact) mass is 273 g/mol. The van der Waals surface area contributed by atoms with Crippen LogP contribution in [0.5, 0.6) is 0 Å². The summed E-state index contributed by atoms with van der Waals surface area (Å²) in [4.78, 5) is 11.3. The minimum Gasteiger partial charge on any atom is -0.398 e. The fourth-order valence-electron chi connectivity index (χ4n) is 4.14. The third-order valence-corrected chi connectivity index (χ3v) is 5.15. The van der Waals surface area contributed by atoms with Crippen LogP contribution >= 0.6 is 0 Å². The van der Waals surface area contributed by atoms with Crippen molar-refractivity contribution < 1.29 is 4.79 Å². The molecule has 0 spiro atoms. The fraction of sp³-hybridized carbons (Fsp3) is 0.562. The molecule has 4 nitrogen and oxygen atoms in total. The number of nitrogens with one attached hydrogen (secondary N) is 1. The van der Waals surface area contributed by atoms with E-state index < -0.39 is 5.91 Å². The first-order valence-electron chi connectivity index (χ1n) is 7.50. The minimum absolute atomic E-state index is 0.398. The van der Waals surface area contributed by atoms with Crippen molar-refractivity contribution in [3.63, 3.8) is 0 Å². The molecule has 0 heterocycles. The van der Waals surface area contributed by atoms with E-state index in [0.717, 1.165) is 23.4 Å². The van der Waals surface area contributed by atoms with E-state index in [4.69, 9.17) is 11.5 Å². The number of hydrogen-bond donors (Lipinski definition) is 3. The summed E-state index contributed by atoms with van der Waals surface area (Å²) in [6.07, 6.45) is 5.55. The zero-order valence-corrected chi connectivity index (χ0v) is 11.9. The van der Waals surface area contributed by atoms with E-state index in [1.807, 2.05) is 6.07 Å². The van der Waals surface area contributed by atoms with Gasteiger partial charge in [-0.2, -0.15) is 0 Å². The highest BCUT2D eigenvalue weighted by atomic mass is 16.1. The second-order valence-electron chi connectivity index (χ2n) is 6.44. The smallest absolute Gasteiger partial charge is 0.250 e. The molecular weight excluding hydrogens is 250 g/mol. The molecule has 4 atom stereocenters. The van der Waals surface area contributed by atoms with Gasteiger partial charge in [-0.25, -0.2) is 0 Å². The molecule has 2 saturated carbocycles. The third kappa shape index (κ3) is 2.35. The normalized spacial score (nSPS) is 29.4. The summed E-state index contributed by atoms with van der Waals surface area (Å²) in [5, 5.41) is 3.53. The summed E-state index contributed by atoms with van der Waals surface area (Å²) in [7, 11) is 0. The van der Waals surface area contributed by atoms with E-state index in [1.54, 1.807) is 12.1 Å². The van der Waals surface area contributed by atoms with Gasteiger partial charge in [0.2, 0.25) is 0 Å². The quantitative estimate of drug-likeness (QED) is 0.738. The second-order valence-corrected chi connectivity index (χ2v) is 6.44. The molecule has 5 N–H and O–H groups in total. The number of benzene rings is 1. The molecule has 1 aromatic carbocycles. The minimum atomic E-state index is -0.473. The zero-order chi connectivity index (χ0) is 14.3. The Hall–Kier alpha value is -1.71. The molecule has 4 unspecified atom stereocenters. The maximum absolute atomic E-state index is 11.3. The van der Waals surface area contributed by atoms with Crippen LogP contribution in [0.2, 0.25) is 0 Å². The van der Waals surface area contributed by atoms with Crippen molar-refractivity contribution in [2.75, 3.05) is 11.1 Å². The summed E-state index contributed by atoms with van der Waals surface area (Å²) >= 11 is 0. The van der Waals surface area contributed by atoms with Gasteiger partial charge >= 0.3 is 0 Å². The van der Waals surface area contributed by atoms with Gasteiger partial charge in [-0.1, -0.05) is 6.42 Å². The Labute approximate surface area is 119 Å². The number of primary amides is 1. The summed E-state index contributed by atoms with van der Waals surface area (Å²) < 4.78 is 0. The van der Waals surface area contributed by atoms with E-state index in [2.05, 4.69) is 12.2 Å². The molecule has 2 aliphatic rings. The van der Waals surface area contributed by atoms with Gasteiger partial charge in [-0.05, 0) is 62.1 Å². The summed E-state index contributed by atoms with van der Waals surface area (Å²) in [6, 6.07) is 5.86. The lowest BCUT2D eigenvalue weighted by molar-refractivity contribution is 0.100. The molecule has 1 aromatic rings. The molecule has 0 aromatic heterocycles. The van der Waals surface area contributed by atoms with Gasteiger partial charge in [0.05, 0.1) is 5.56 Å². The molecular formula is C16H23N3O. The van der Waals surface area contributed by atoms with Crippen LogP contribution in [0.1, 0.15) is 43.0 Å². The van der Waals surface area contributed by atoms with Crippen LogP contribution in [0.15, 0.2) is 18.2 Å². The maximum Gasteiger partial charge on any atom is 0.250 e. The van der Waals surface area contributed by atoms with Gasteiger partial charge in [0.15, 0.2) is 0 Å². The van der Waals surface area contributed by atoms with Crippen LogP contribution in [0.25, 0.3) is 0 Å². The summed E-state index contributed by atoms with van der Waals surface area (Å²) in [5.74, 6) is 2.11. The zero-order valence-electron chi connectivity index (χ0n) is 11.9. The predicted molar refractivity (Wildman–Crippen MR) is 81.4 cm³/mol. The molecule has 108 valence electrons. The number of rotatable bonds is 4. The van der Waals surface area contributed by atoms with E-state index in [0.29, 0.717) is 17.3 Å². The van der Waals surface area contributed by atoms with Crippen LogP contribution < -0.4 is 16.8 Å². The Morgan fingerprint density at radius 2 is 2.15 bits per heavy atom. The Morgan fingerprint density at radius 3 is 2.75 bits per heavy atom. The molecule has 0 radical (unpaired) electrons. The SMILES string of the molecule is CC(Nc1ccc(N)c(C(N)=O)c1)C1CC2CCC1C2. The van der Waals surface area contributed by atoms with E-state index in [9.17, 15) is 4.79 Å². The van der Waals surface area contributed by atoms with Crippen molar-refractivity contribution >= 4 is 17.3 Å². The maximum atomic E-state index is 11.3. The molecule has 4 heteroatoms. The van der Waals surface area contributed by atoms with Gasteiger partial charge in [-0.15, -0.1) is 0 Å². The highest BCUT2D eigenvalue weighted by molar-refractivity contribution is 5.98. The van der Waals surface area contributed by atoms with Crippen LogP contribution in [0.4, 0.5) is 11.4 Å². The van der Waals surface area contributed by atoms with Crippen molar-refractivity contribution in [3.05, 3.63) is 23.8 Å². The second kappa shape index (κ2) is 5.00. The van der Waals surface area contributed by atoms with E-state index in [1.165, 1.54) is 25.7 Å². The van der Waals surface area contributed by atoms with Crippen molar-refractivity contribution in [1.82, 2.24) is 0 Å². The van der Waals surface area contributed by atoms with Crippen molar-refractivity contribution in [1.29, 1.82) is 0 Å².